The summed E-state index contributed by atoms with van der Waals surface area (Å²) in [6, 6.07) is 7.06. The molecule has 1 aliphatic rings. The van der Waals surface area contributed by atoms with Gasteiger partial charge in [-0.15, -0.1) is 0 Å². The molecule has 0 saturated carbocycles. The van der Waals surface area contributed by atoms with E-state index in [1.54, 1.807) is 18.2 Å². The highest BCUT2D eigenvalue weighted by molar-refractivity contribution is 7.71. The molecule has 2 aromatic rings. The van der Waals surface area contributed by atoms with Crippen LogP contribution in [0, 0.1) is 4.84 Å². The summed E-state index contributed by atoms with van der Waals surface area (Å²) in [5.74, 6) is 0. The monoisotopic (exact) mass is 272 g/mol. The Bertz CT molecular complexity index is 799. The molecule has 5 heteroatoms. The zero-order chi connectivity index (χ0) is 13.2. The van der Waals surface area contributed by atoms with E-state index in [2.05, 4.69) is 11.5 Å². The first kappa shape index (κ1) is 11.9. The van der Waals surface area contributed by atoms with Crippen LogP contribution in [0.25, 0.3) is 11.0 Å². The molecule has 19 heavy (non-hydrogen) atoms. The third-order valence-corrected chi connectivity index (χ3v) is 3.20. The van der Waals surface area contributed by atoms with Crippen molar-refractivity contribution < 1.29 is 4.42 Å². The van der Waals surface area contributed by atoms with E-state index in [9.17, 15) is 4.79 Å². The molecular formula is C14H12N2O2S. The van der Waals surface area contributed by atoms with Crippen LogP contribution in [0.1, 0.15) is 12.8 Å². The van der Waals surface area contributed by atoms with Gasteiger partial charge in [-0.2, -0.15) is 4.68 Å². The number of fused-ring (bicyclic) bond motifs is 1. The molecule has 1 aliphatic carbocycles. The molecule has 3 rings (SSSR count). The average molecular weight is 272 g/mol. The summed E-state index contributed by atoms with van der Waals surface area (Å²) < 4.78 is 6.74. The van der Waals surface area contributed by atoms with Gasteiger partial charge in [-0.25, -0.2) is 0 Å². The maximum Gasteiger partial charge on any atom is 0.291 e. The minimum absolute atomic E-state index is 0.114. The number of nitrogens with zero attached hydrogens (tertiary/aromatic N) is 1. The van der Waals surface area contributed by atoms with Gasteiger partial charge in [0.15, 0.2) is 0 Å². The zero-order valence-corrected chi connectivity index (χ0v) is 10.9. The molecule has 0 bridgehead atoms. The highest BCUT2D eigenvalue weighted by Crippen LogP contribution is 2.11. The van der Waals surface area contributed by atoms with Crippen molar-refractivity contribution in [2.45, 2.75) is 12.8 Å². The number of aromatic nitrogens is 1. The molecule has 0 saturated heterocycles. The average Bonchev–Trinajstić information content (AvgIpc) is 2.45. The first-order valence-corrected chi connectivity index (χ1v) is 6.45. The van der Waals surface area contributed by atoms with Crippen LogP contribution >= 0.6 is 12.2 Å². The summed E-state index contributed by atoms with van der Waals surface area (Å²) in [6.45, 7) is 0. The zero-order valence-electron chi connectivity index (χ0n) is 10.1. The van der Waals surface area contributed by atoms with E-state index >= 15 is 0 Å². The van der Waals surface area contributed by atoms with Crippen LogP contribution in [-0.4, -0.2) is 4.68 Å². The lowest BCUT2D eigenvalue weighted by Gasteiger charge is -2.12. The smallest absolute Gasteiger partial charge is 0.291 e. The van der Waals surface area contributed by atoms with Gasteiger partial charge in [0, 0.05) is 0 Å². The van der Waals surface area contributed by atoms with E-state index in [0.29, 0.717) is 11.0 Å². The second-order valence-corrected chi connectivity index (χ2v) is 4.60. The molecule has 0 fully saturated rings. The Morgan fingerprint density at radius 2 is 2.11 bits per heavy atom. The Hall–Kier alpha value is -2.14. The maximum absolute atomic E-state index is 12.3. The number of hydrogen-bond acceptors (Lipinski definition) is 4. The molecule has 0 radical (unpaired) electrons. The Morgan fingerprint density at radius 1 is 1.26 bits per heavy atom. The van der Waals surface area contributed by atoms with Crippen molar-refractivity contribution in [2.75, 3.05) is 5.43 Å². The third kappa shape index (κ3) is 2.24. The predicted octanol–water partition coefficient (Wildman–Crippen LogP) is 3.10. The van der Waals surface area contributed by atoms with Crippen LogP contribution in [0.5, 0.6) is 0 Å². The third-order valence-electron chi connectivity index (χ3n) is 2.94. The number of rotatable bonds is 2. The normalized spacial score (nSPS) is 14.4. The molecule has 4 nitrogen and oxygen atoms in total. The number of benzene rings is 1. The summed E-state index contributed by atoms with van der Waals surface area (Å²) >= 11 is 5.12. The molecule has 96 valence electrons. The van der Waals surface area contributed by atoms with Crippen LogP contribution in [-0.2, 0) is 0 Å². The quantitative estimate of drug-likeness (QED) is 0.853. The fourth-order valence-corrected chi connectivity index (χ4v) is 2.22. The minimum Gasteiger partial charge on any atom is -0.429 e. The molecule has 0 aliphatic heterocycles. The van der Waals surface area contributed by atoms with Crippen molar-refractivity contribution in [3.05, 3.63) is 63.4 Å². The Kier molecular flexibility index (Phi) is 3.05. The van der Waals surface area contributed by atoms with Crippen molar-refractivity contribution in [1.29, 1.82) is 0 Å². The van der Waals surface area contributed by atoms with Crippen LogP contribution in [0.2, 0.25) is 0 Å². The van der Waals surface area contributed by atoms with E-state index in [1.807, 2.05) is 18.2 Å². The van der Waals surface area contributed by atoms with Crippen molar-refractivity contribution >= 4 is 23.2 Å². The van der Waals surface area contributed by atoms with Gasteiger partial charge in [-0.05, 0) is 43.3 Å². The maximum atomic E-state index is 12.3. The second-order valence-electron chi connectivity index (χ2n) is 4.26. The van der Waals surface area contributed by atoms with Gasteiger partial charge in [0.2, 0.25) is 0 Å². The Labute approximate surface area is 114 Å². The SMILES string of the molecule is O=c1c2ccccc2oc(=S)n1NC1=CCCC=C1. The minimum atomic E-state index is -0.202. The highest BCUT2D eigenvalue weighted by atomic mass is 32.1. The molecule has 0 atom stereocenters. The number of allylic oxidation sites excluding steroid dienone is 3. The highest BCUT2D eigenvalue weighted by Gasteiger charge is 2.07. The molecule has 0 spiro atoms. The lowest BCUT2D eigenvalue weighted by Crippen LogP contribution is -2.29. The number of para-hydroxylation sites is 1. The van der Waals surface area contributed by atoms with E-state index < -0.39 is 0 Å². The van der Waals surface area contributed by atoms with E-state index in [0.717, 1.165) is 18.5 Å². The van der Waals surface area contributed by atoms with Gasteiger partial charge in [-0.3, -0.25) is 10.2 Å². The van der Waals surface area contributed by atoms with E-state index in [-0.39, 0.29) is 10.4 Å². The predicted molar refractivity (Wildman–Crippen MR) is 77.1 cm³/mol. The first-order chi connectivity index (χ1) is 9.25. The number of nitrogens with one attached hydrogen (secondary N) is 1. The molecule has 1 aromatic heterocycles. The molecule has 1 heterocycles. The van der Waals surface area contributed by atoms with Crippen LogP contribution in [0.3, 0.4) is 0 Å². The van der Waals surface area contributed by atoms with Gasteiger partial charge in [0.25, 0.3) is 10.4 Å². The lowest BCUT2D eigenvalue weighted by molar-refractivity contribution is 0.520. The molecule has 1 N–H and O–H groups in total. The fourth-order valence-electron chi connectivity index (χ4n) is 2.00. The van der Waals surface area contributed by atoms with Crippen molar-refractivity contribution in [1.82, 2.24) is 4.68 Å². The summed E-state index contributed by atoms with van der Waals surface area (Å²) in [6.07, 6.45) is 7.97. The Morgan fingerprint density at radius 3 is 2.89 bits per heavy atom. The van der Waals surface area contributed by atoms with Gasteiger partial charge >= 0.3 is 0 Å². The van der Waals surface area contributed by atoms with Crippen molar-refractivity contribution in [2.24, 2.45) is 0 Å². The summed E-state index contributed by atoms with van der Waals surface area (Å²) in [4.78, 5) is 12.5. The van der Waals surface area contributed by atoms with E-state index in [4.69, 9.17) is 16.6 Å². The molecule has 0 amide bonds. The van der Waals surface area contributed by atoms with E-state index in [1.165, 1.54) is 4.68 Å². The standard InChI is InChI=1S/C14H12N2O2S/c17-13-11-8-4-5-9-12(11)18-14(19)16(13)15-10-6-2-1-3-7-10/h2,4-9,15H,1,3H2. The largest absolute Gasteiger partial charge is 0.429 e. The summed E-state index contributed by atoms with van der Waals surface area (Å²) in [7, 11) is 0. The second kappa shape index (κ2) is 4.85. The molecule has 1 aromatic carbocycles. The Balaban J connectivity index is 2.13. The molecular weight excluding hydrogens is 260 g/mol. The van der Waals surface area contributed by atoms with Crippen molar-refractivity contribution in [3.63, 3.8) is 0 Å². The summed E-state index contributed by atoms with van der Waals surface area (Å²) in [5.41, 5.74) is 4.14. The van der Waals surface area contributed by atoms with Crippen LogP contribution in [0.4, 0.5) is 0 Å². The first-order valence-electron chi connectivity index (χ1n) is 6.04. The fraction of sp³-hybridized carbons (Fsp3) is 0.143. The molecule has 0 unspecified atom stereocenters. The van der Waals surface area contributed by atoms with Crippen LogP contribution in [0.15, 0.2) is 57.4 Å². The van der Waals surface area contributed by atoms with Gasteiger partial charge in [0.1, 0.15) is 5.58 Å². The lowest BCUT2D eigenvalue weighted by atomic mass is 10.1. The topological polar surface area (TPSA) is 47.2 Å². The number of hydrogen-bond donors (Lipinski definition) is 1. The van der Waals surface area contributed by atoms with Gasteiger partial charge in [0.05, 0.1) is 11.1 Å². The summed E-state index contributed by atoms with van der Waals surface area (Å²) in [5, 5.41) is 0.504. The van der Waals surface area contributed by atoms with Gasteiger partial charge in [-0.1, -0.05) is 24.3 Å². The van der Waals surface area contributed by atoms with Crippen molar-refractivity contribution in [3.8, 4) is 0 Å². The van der Waals surface area contributed by atoms with Gasteiger partial charge < -0.3 is 4.42 Å². The van der Waals surface area contributed by atoms with Crippen LogP contribution < -0.4 is 11.0 Å².